The molecule has 0 atom stereocenters. The number of hydrogen-bond acceptors (Lipinski definition) is 0. The third kappa shape index (κ3) is 4.30. The number of rotatable bonds is 0. The Morgan fingerprint density at radius 1 is 0.273 bits per heavy atom. The molecule has 0 radical (unpaired) electrons. The standard InChI is InChI=1S/C66H42/c1-39-17-13-33-55-57(39)62-45-23-5-9-29-51(45)65(55,52-30-10-6-24-46(52)62)37-35-41-19-15-27-49-59(41)64-44-22-4-3-21-43(44)61(49)50-28-16-20-42(60(50)64)36-38-66-53-31-11-7-25-47(53)63(48-26-8-12-32-54(48)66)58-40(2)18-14-34-56(58)66/h3-34,61-64H,1-2H3. The van der Waals surface area contributed by atoms with Crippen LogP contribution in [0, 0.1) is 37.5 Å². The lowest BCUT2D eigenvalue weighted by molar-refractivity contribution is 0.662. The van der Waals surface area contributed by atoms with Crippen LogP contribution in [-0.4, -0.2) is 0 Å². The zero-order valence-electron chi connectivity index (χ0n) is 36.8. The number of hydrogen-bond donors (Lipinski definition) is 0. The average molecular weight is 835 g/mol. The van der Waals surface area contributed by atoms with Gasteiger partial charge in [0.2, 0.25) is 0 Å². The van der Waals surface area contributed by atoms with Gasteiger partial charge >= 0.3 is 0 Å². The van der Waals surface area contributed by atoms with Crippen LogP contribution >= 0.6 is 0 Å². The first-order chi connectivity index (χ1) is 32.6. The van der Waals surface area contributed by atoms with Crippen LogP contribution in [0.5, 0.6) is 0 Å². The van der Waals surface area contributed by atoms with E-state index in [0.717, 1.165) is 11.1 Å². The summed E-state index contributed by atoms with van der Waals surface area (Å²) in [6.45, 7) is 4.56. The maximum Gasteiger partial charge on any atom is 0.107 e. The molecular formula is C66H42. The van der Waals surface area contributed by atoms with E-state index in [-0.39, 0.29) is 23.7 Å². The van der Waals surface area contributed by atoms with Gasteiger partial charge in [-0.1, -0.05) is 206 Å². The molecule has 0 heteroatoms. The lowest BCUT2D eigenvalue weighted by Crippen LogP contribution is -2.41. The van der Waals surface area contributed by atoms with Gasteiger partial charge in [0.1, 0.15) is 10.8 Å². The Kier molecular flexibility index (Phi) is 7.11. The van der Waals surface area contributed by atoms with E-state index in [4.69, 9.17) is 0 Å². The molecule has 6 bridgehead atoms. The predicted octanol–water partition coefficient (Wildman–Crippen LogP) is 13.7. The Morgan fingerprint density at radius 3 is 1.00 bits per heavy atom. The van der Waals surface area contributed by atoms with E-state index in [1.54, 1.807) is 0 Å². The van der Waals surface area contributed by atoms with Crippen molar-refractivity contribution >= 4 is 0 Å². The molecule has 0 nitrogen and oxygen atoms in total. The van der Waals surface area contributed by atoms with E-state index < -0.39 is 10.8 Å². The van der Waals surface area contributed by atoms with Crippen molar-refractivity contribution in [2.45, 2.75) is 48.3 Å². The Labute approximate surface area is 386 Å². The van der Waals surface area contributed by atoms with Crippen molar-refractivity contribution in [3.63, 3.8) is 0 Å². The molecule has 66 heavy (non-hydrogen) atoms. The second kappa shape index (κ2) is 12.9. The van der Waals surface area contributed by atoms with Gasteiger partial charge < -0.3 is 0 Å². The lowest BCUT2D eigenvalue weighted by Gasteiger charge is -2.48. The van der Waals surface area contributed by atoms with E-state index in [1.165, 1.54) is 111 Å². The number of aryl methyl sites for hydroxylation is 2. The molecule has 0 N–H and O–H groups in total. The highest BCUT2D eigenvalue weighted by Crippen LogP contribution is 2.62. The van der Waals surface area contributed by atoms with E-state index in [2.05, 4.69) is 232 Å². The van der Waals surface area contributed by atoms with Gasteiger partial charge in [0.05, 0.1) is 0 Å². The summed E-state index contributed by atoms with van der Waals surface area (Å²) in [4.78, 5) is 0. The SMILES string of the molecule is Cc1cccc2c1C1c3ccccc3C2(C#Cc2cccc3c2C2c4ccccc4C3c3cccc(C#CC45c6ccccc6C(c6ccccc64)c4c(C)cccc45)c32)c2ccccc21. The van der Waals surface area contributed by atoms with Crippen molar-refractivity contribution in [2.75, 3.05) is 0 Å². The molecule has 9 aromatic carbocycles. The highest BCUT2D eigenvalue weighted by molar-refractivity contribution is 5.80. The van der Waals surface area contributed by atoms with Gasteiger partial charge in [-0.2, -0.15) is 0 Å². The molecule has 9 aliphatic rings. The van der Waals surface area contributed by atoms with Crippen molar-refractivity contribution in [1.29, 1.82) is 0 Å². The summed E-state index contributed by atoms with van der Waals surface area (Å²) in [6.07, 6.45) is 0. The third-order valence-corrected chi connectivity index (χ3v) is 16.6. The summed E-state index contributed by atoms with van der Waals surface area (Å²) in [5.41, 5.74) is 28.0. The van der Waals surface area contributed by atoms with Crippen LogP contribution in [0.15, 0.2) is 194 Å². The first-order valence-electron chi connectivity index (χ1n) is 23.6. The van der Waals surface area contributed by atoms with Gasteiger partial charge in [0.25, 0.3) is 0 Å². The van der Waals surface area contributed by atoms with Crippen molar-refractivity contribution in [1.82, 2.24) is 0 Å². The molecular weight excluding hydrogens is 793 g/mol. The monoisotopic (exact) mass is 834 g/mol. The maximum atomic E-state index is 4.15. The van der Waals surface area contributed by atoms with Crippen molar-refractivity contribution < 1.29 is 0 Å². The normalized spacial score (nSPS) is 22.6. The van der Waals surface area contributed by atoms with Gasteiger partial charge in [-0.05, 0) is 137 Å². The van der Waals surface area contributed by atoms with Crippen molar-refractivity contribution in [2.24, 2.45) is 0 Å². The summed E-state index contributed by atoms with van der Waals surface area (Å²) < 4.78 is 0. The zero-order chi connectivity index (χ0) is 43.5. The molecule has 0 aliphatic heterocycles. The molecule has 0 spiro atoms. The topological polar surface area (TPSA) is 0 Å². The van der Waals surface area contributed by atoms with Crippen molar-refractivity contribution in [3.05, 3.63) is 317 Å². The molecule has 18 rings (SSSR count). The molecule has 0 aromatic heterocycles. The van der Waals surface area contributed by atoms with Crippen LogP contribution < -0.4 is 0 Å². The van der Waals surface area contributed by atoms with Crippen LogP contribution in [0.3, 0.4) is 0 Å². The summed E-state index contributed by atoms with van der Waals surface area (Å²) in [5.74, 6) is 16.8. The van der Waals surface area contributed by atoms with Gasteiger partial charge in [-0.3, -0.25) is 0 Å². The maximum absolute atomic E-state index is 4.15. The minimum atomic E-state index is -0.605. The quantitative estimate of drug-likeness (QED) is 0.134. The highest BCUT2D eigenvalue weighted by atomic mass is 14.5. The summed E-state index contributed by atoms with van der Waals surface area (Å²) in [5, 5.41) is 0. The second-order valence-corrected chi connectivity index (χ2v) is 19.4. The molecule has 0 saturated heterocycles. The largest absolute Gasteiger partial charge is 0.107 e. The summed E-state index contributed by atoms with van der Waals surface area (Å²) in [6, 6.07) is 73.1. The fourth-order valence-electron chi connectivity index (χ4n) is 14.2. The fourth-order valence-corrected chi connectivity index (χ4v) is 14.2. The van der Waals surface area contributed by atoms with E-state index in [9.17, 15) is 0 Å². The Bertz CT molecular complexity index is 3470. The average Bonchev–Trinajstić information content (AvgIpc) is 3.37. The third-order valence-electron chi connectivity index (χ3n) is 16.6. The van der Waals surface area contributed by atoms with Gasteiger partial charge in [-0.15, -0.1) is 0 Å². The highest BCUT2D eigenvalue weighted by Gasteiger charge is 2.53. The Balaban J connectivity index is 0.968. The van der Waals surface area contributed by atoms with Gasteiger partial charge in [0, 0.05) is 34.8 Å². The first-order valence-corrected chi connectivity index (χ1v) is 23.6. The lowest BCUT2D eigenvalue weighted by atomic mass is 9.52. The van der Waals surface area contributed by atoms with Crippen LogP contribution in [0.1, 0.15) is 146 Å². The Hall–Kier alpha value is -7.90. The second-order valence-electron chi connectivity index (χ2n) is 19.4. The van der Waals surface area contributed by atoms with Gasteiger partial charge in [-0.25, -0.2) is 0 Å². The summed E-state index contributed by atoms with van der Waals surface area (Å²) in [7, 11) is 0. The summed E-state index contributed by atoms with van der Waals surface area (Å²) >= 11 is 0. The minimum Gasteiger partial charge on any atom is -0.0764 e. The smallest absolute Gasteiger partial charge is 0.0764 e. The van der Waals surface area contributed by atoms with Crippen molar-refractivity contribution in [3.8, 4) is 23.7 Å². The van der Waals surface area contributed by atoms with Crippen LogP contribution in [0.2, 0.25) is 0 Å². The molecule has 0 heterocycles. The number of benzene rings is 9. The van der Waals surface area contributed by atoms with E-state index >= 15 is 0 Å². The van der Waals surface area contributed by atoms with E-state index in [1.807, 2.05) is 0 Å². The molecule has 9 aromatic rings. The molecule has 306 valence electrons. The predicted molar refractivity (Wildman–Crippen MR) is 265 cm³/mol. The minimum absolute atomic E-state index is 0.0189. The van der Waals surface area contributed by atoms with Crippen LogP contribution in [0.4, 0.5) is 0 Å². The fraction of sp³-hybridized carbons (Fsp3) is 0.121. The first kappa shape index (κ1) is 36.4. The van der Waals surface area contributed by atoms with E-state index in [0.29, 0.717) is 0 Å². The zero-order valence-corrected chi connectivity index (χ0v) is 36.8. The molecule has 0 amide bonds. The molecule has 0 saturated carbocycles. The van der Waals surface area contributed by atoms with Gasteiger partial charge in [0.15, 0.2) is 0 Å². The molecule has 0 unspecified atom stereocenters. The Morgan fingerprint density at radius 2 is 0.591 bits per heavy atom. The van der Waals surface area contributed by atoms with Crippen LogP contribution in [-0.2, 0) is 10.8 Å². The van der Waals surface area contributed by atoms with Crippen LogP contribution in [0.25, 0.3) is 0 Å². The molecule has 0 fully saturated rings. The molecule has 9 aliphatic carbocycles.